The summed E-state index contributed by atoms with van der Waals surface area (Å²) in [5.41, 5.74) is 6.29. The zero-order valence-electron chi connectivity index (χ0n) is 9.02. The fourth-order valence-electron chi connectivity index (χ4n) is 1.17. The Balaban J connectivity index is 2.22. The third-order valence-electron chi connectivity index (χ3n) is 2.10. The van der Waals surface area contributed by atoms with E-state index in [1.54, 1.807) is 0 Å². The van der Waals surface area contributed by atoms with Gasteiger partial charge in [-0.2, -0.15) is 0 Å². The van der Waals surface area contributed by atoms with Gasteiger partial charge in [-0.25, -0.2) is 0 Å². The molecule has 0 atom stereocenters. The summed E-state index contributed by atoms with van der Waals surface area (Å²) in [6.45, 7) is 2.26. The van der Waals surface area contributed by atoms with Crippen molar-refractivity contribution in [1.82, 2.24) is 4.90 Å². The molecule has 0 heterocycles. The largest absolute Gasteiger partial charge is 0.492 e. The number of rotatable bonds is 6. The standard InChI is InChI=1S/C11H18N2O2/c1-13(6-8-14)7-9-15-11-4-2-10(12)3-5-11/h2-5,14H,6-9,12H2,1H3. The van der Waals surface area contributed by atoms with Crippen LogP contribution in [0.15, 0.2) is 24.3 Å². The molecule has 0 aliphatic carbocycles. The Hall–Kier alpha value is -1.26. The zero-order valence-corrected chi connectivity index (χ0v) is 9.02. The second-order valence-corrected chi connectivity index (χ2v) is 3.44. The Kier molecular flexibility index (Phi) is 4.93. The number of hydrogen-bond donors (Lipinski definition) is 2. The van der Waals surface area contributed by atoms with Crippen molar-refractivity contribution in [1.29, 1.82) is 0 Å². The summed E-state index contributed by atoms with van der Waals surface area (Å²) in [4.78, 5) is 2.01. The highest BCUT2D eigenvalue weighted by molar-refractivity contribution is 5.41. The van der Waals surface area contributed by atoms with E-state index in [4.69, 9.17) is 15.6 Å². The van der Waals surface area contributed by atoms with Crippen LogP contribution in [-0.4, -0.2) is 43.4 Å². The lowest BCUT2D eigenvalue weighted by Crippen LogP contribution is -2.27. The van der Waals surface area contributed by atoms with Crippen LogP contribution in [0.1, 0.15) is 0 Å². The van der Waals surface area contributed by atoms with Gasteiger partial charge in [0.2, 0.25) is 0 Å². The van der Waals surface area contributed by atoms with E-state index >= 15 is 0 Å². The molecule has 0 aliphatic rings. The van der Waals surface area contributed by atoms with Gasteiger partial charge in [-0.05, 0) is 31.3 Å². The van der Waals surface area contributed by atoms with Gasteiger partial charge in [0.15, 0.2) is 0 Å². The monoisotopic (exact) mass is 210 g/mol. The van der Waals surface area contributed by atoms with Crippen molar-refractivity contribution in [2.75, 3.05) is 39.1 Å². The average molecular weight is 210 g/mol. The van der Waals surface area contributed by atoms with E-state index in [1.807, 2.05) is 36.2 Å². The van der Waals surface area contributed by atoms with Crippen LogP contribution in [-0.2, 0) is 0 Å². The van der Waals surface area contributed by atoms with Crippen molar-refractivity contribution in [2.24, 2.45) is 0 Å². The second kappa shape index (κ2) is 6.27. The Bertz CT molecular complexity index is 274. The number of nitrogens with two attached hydrogens (primary N) is 1. The maximum atomic E-state index is 8.69. The molecule has 1 aromatic carbocycles. The van der Waals surface area contributed by atoms with E-state index in [9.17, 15) is 0 Å². The quantitative estimate of drug-likeness (QED) is 0.674. The van der Waals surface area contributed by atoms with E-state index in [2.05, 4.69) is 0 Å². The maximum absolute atomic E-state index is 8.69. The van der Waals surface area contributed by atoms with Gasteiger partial charge in [0.1, 0.15) is 12.4 Å². The summed E-state index contributed by atoms with van der Waals surface area (Å²) in [5, 5.41) is 8.69. The number of anilines is 1. The lowest BCUT2D eigenvalue weighted by molar-refractivity contribution is 0.192. The van der Waals surface area contributed by atoms with E-state index in [0.717, 1.165) is 18.0 Å². The van der Waals surface area contributed by atoms with Gasteiger partial charge in [-0.15, -0.1) is 0 Å². The summed E-state index contributed by atoms with van der Waals surface area (Å²) in [6, 6.07) is 7.32. The van der Waals surface area contributed by atoms with Crippen LogP contribution < -0.4 is 10.5 Å². The number of aliphatic hydroxyl groups excluding tert-OH is 1. The smallest absolute Gasteiger partial charge is 0.119 e. The molecule has 1 rings (SSSR count). The molecule has 0 radical (unpaired) electrons. The molecule has 0 bridgehead atoms. The first-order valence-corrected chi connectivity index (χ1v) is 5.00. The first-order valence-electron chi connectivity index (χ1n) is 5.00. The molecule has 0 amide bonds. The molecule has 4 nitrogen and oxygen atoms in total. The summed E-state index contributed by atoms with van der Waals surface area (Å²) in [6.07, 6.45) is 0. The number of aliphatic hydroxyl groups is 1. The summed E-state index contributed by atoms with van der Waals surface area (Å²) in [7, 11) is 1.95. The van der Waals surface area contributed by atoms with Gasteiger partial charge < -0.3 is 20.5 Å². The van der Waals surface area contributed by atoms with E-state index < -0.39 is 0 Å². The molecule has 0 unspecified atom stereocenters. The molecule has 0 spiro atoms. The van der Waals surface area contributed by atoms with Crippen LogP contribution in [0.5, 0.6) is 5.75 Å². The number of ether oxygens (including phenoxy) is 1. The zero-order chi connectivity index (χ0) is 11.1. The average Bonchev–Trinajstić information content (AvgIpc) is 2.21. The van der Waals surface area contributed by atoms with Gasteiger partial charge in [-0.1, -0.05) is 0 Å². The third-order valence-corrected chi connectivity index (χ3v) is 2.10. The molecule has 4 heteroatoms. The number of nitrogens with zero attached hydrogens (tertiary/aromatic N) is 1. The predicted octanol–water partition coefficient (Wildman–Crippen LogP) is 0.572. The van der Waals surface area contributed by atoms with Gasteiger partial charge in [0.05, 0.1) is 6.61 Å². The van der Waals surface area contributed by atoms with Crippen LogP contribution in [0.4, 0.5) is 5.69 Å². The normalized spacial score (nSPS) is 10.6. The number of benzene rings is 1. The molecule has 0 aliphatic heterocycles. The van der Waals surface area contributed by atoms with Crippen molar-refractivity contribution in [2.45, 2.75) is 0 Å². The first kappa shape index (κ1) is 11.8. The highest BCUT2D eigenvalue weighted by Gasteiger charge is 1.97. The van der Waals surface area contributed by atoms with Crippen LogP contribution in [0, 0.1) is 0 Å². The fraction of sp³-hybridized carbons (Fsp3) is 0.455. The minimum Gasteiger partial charge on any atom is -0.492 e. The fourth-order valence-corrected chi connectivity index (χ4v) is 1.17. The molecule has 15 heavy (non-hydrogen) atoms. The van der Waals surface area contributed by atoms with Crippen molar-refractivity contribution in [3.8, 4) is 5.75 Å². The van der Waals surface area contributed by atoms with Gasteiger partial charge >= 0.3 is 0 Å². The van der Waals surface area contributed by atoms with Crippen molar-refractivity contribution in [3.63, 3.8) is 0 Å². The van der Waals surface area contributed by atoms with Gasteiger partial charge in [0.25, 0.3) is 0 Å². The lowest BCUT2D eigenvalue weighted by Gasteiger charge is -2.15. The Morgan fingerprint density at radius 2 is 1.93 bits per heavy atom. The van der Waals surface area contributed by atoms with E-state index in [-0.39, 0.29) is 6.61 Å². The van der Waals surface area contributed by atoms with Crippen LogP contribution >= 0.6 is 0 Å². The Morgan fingerprint density at radius 1 is 1.27 bits per heavy atom. The molecular weight excluding hydrogens is 192 g/mol. The summed E-state index contributed by atoms with van der Waals surface area (Å²) in [5.74, 6) is 0.821. The molecule has 0 saturated heterocycles. The highest BCUT2D eigenvalue weighted by atomic mass is 16.5. The van der Waals surface area contributed by atoms with Gasteiger partial charge in [0, 0.05) is 18.8 Å². The first-order chi connectivity index (χ1) is 7.22. The minimum absolute atomic E-state index is 0.179. The van der Waals surface area contributed by atoms with E-state index in [0.29, 0.717) is 13.2 Å². The Morgan fingerprint density at radius 3 is 2.53 bits per heavy atom. The van der Waals surface area contributed by atoms with Crippen molar-refractivity contribution in [3.05, 3.63) is 24.3 Å². The molecule has 0 aromatic heterocycles. The molecular formula is C11H18N2O2. The van der Waals surface area contributed by atoms with Crippen LogP contribution in [0.2, 0.25) is 0 Å². The third kappa shape index (κ3) is 4.67. The number of likely N-dealkylation sites (N-methyl/N-ethyl adjacent to an activating group) is 1. The van der Waals surface area contributed by atoms with Gasteiger partial charge in [-0.3, -0.25) is 0 Å². The van der Waals surface area contributed by atoms with Crippen LogP contribution in [0.3, 0.4) is 0 Å². The molecule has 0 saturated carbocycles. The molecule has 84 valence electrons. The predicted molar refractivity (Wildman–Crippen MR) is 60.9 cm³/mol. The minimum atomic E-state index is 0.179. The summed E-state index contributed by atoms with van der Waals surface area (Å²) < 4.78 is 5.50. The molecule has 3 N–H and O–H groups in total. The van der Waals surface area contributed by atoms with Crippen molar-refractivity contribution >= 4 is 5.69 Å². The SMILES string of the molecule is CN(CCO)CCOc1ccc(N)cc1. The maximum Gasteiger partial charge on any atom is 0.119 e. The Labute approximate surface area is 90.3 Å². The summed E-state index contributed by atoms with van der Waals surface area (Å²) >= 11 is 0. The van der Waals surface area contributed by atoms with Crippen molar-refractivity contribution < 1.29 is 9.84 Å². The number of hydrogen-bond acceptors (Lipinski definition) is 4. The molecule has 0 fully saturated rings. The molecule has 1 aromatic rings. The van der Waals surface area contributed by atoms with Crippen LogP contribution in [0.25, 0.3) is 0 Å². The number of nitrogen functional groups attached to an aromatic ring is 1. The second-order valence-electron chi connectivity index (χ2n) is 3.44. The lowest BCUT2D eigenvalue weighted by atomic mass is 10.3. The topological polar surface area (TPSA) is 58.7 Å². The highest BCUT2D eigenvalue weighted by Crippen LogP contribution is 2.12. The van der Waals surface area contributed by atoms with E-state index in [1.165, 1.54) is 0 Å².